The molecule has 10 heteroatoms. The van der Waals surface area contributed by atoms with Gasteiger partial charge in [-0.05, 0) is 62.3 Å². The highest BCUT2D eigenvalue weighted by molar-refractivity contribution is 4.59. The zero-order valence-electron chi connectivity index (χ0n) is 24.7. The molecule has 0 fully saturated rings. The van der Waals surface area contributed by atoms with Gasteiger partial charge in [0.25, 0.3) is 0 Å². The molecule has 0 bridgehead atoms. The largest absolute Gasteiger partial charge is 0.394 e. The third kappa shape index (κ3) is 23.2. The molecule has 10 nitrogen and oxygen atoms in total. The Bertz CT molecular complexity index is 510. The number of hydrogen-bond acceptors (Lipinski definition) is 10. The first-order chi connectivity index (χ1) is 17.4. The van der Waals surface area contributed by atoms with Gasteiger partial charge in [0.05, 0.1) is 114 Å². The van der Waals surface area contributed by atoms with E-state index in [9.17, 15) is 5.11 Å². The van der Waals surface area contributed by atoms with Gasteiger partial charge in [0.2, 0.25) is 0 Å². The molecule has 0 aromatic carbocycles. The lowest BCUT2D eigenvalue weighted by Gasteiger charge is -2.23. The maximum atomic E-state index is 9.26. The van der Waals surface area contributed by atoms with E-state index in [2.05, 4.69) is 0 Å². The van der Waals surface area contributed by atoms with Crippen molar-refractivity contribution in [2.75, 3.05) is 59.5 Å². The first-order valence-electron chi connectivity index (χ1n) is 13.6. The summed E-state index contributed by atoms with van der Waals surface area (Å²) in [5, 5.41) is 18.2. The molecule has 9 unspecified atom stereocenters. The van der Waals surface area contributed by atoms with E-state index in [-0.39, 0.29) is 55.4 Å². The SMILES string of the molecule is CC(O)COC(C)COC(C)COC(C)COC(C)COC(C)COC(C)COC(C)COC(C)CO. The van der Waals surface area contributed by atoms with E-state index in [1.54, 1.807) is 6.92 Å². The zero-order valence-corrected chi connectivity index (χ0v) is 24.7. The maximum Gasteiger partial charge on any atom is 0.0781 e. The second-order valence-corrected chi connectivity index (χ2v) is 10.2. The summed E-state index contributed by atoms with van der Waals surface area (Å²) >= 11 is 0. The fourth-order valence-electron chi connectivity index (χ4n) is 2.79. The van der Waals surface area contributed by atoms with Gasteiger partial charge < -0.3 is 48.1 Å². The summed E-state index contributed by atoms with van der Waals surface area (Å²) in [4.78, 5) is 0. The van der Waals surface area contributed by atoms with Crippen molar-refractivity contribution in [2.45, 2.75) is 117 Å². The molecular weight excluding hydrogens is 484 g/mol. The molecule has 0 rings (SSSR count). The standard InChI is InChI=1S/C27H56O10/c1-19(29)11-30-21(3)13-32-23(5)15-34-25(7)17-36-27(9)18-37-26(8)16-35-24(6)14-33-22(4)12-31-20(2)10-28/h19-29H,10-18H2,1-9H3. The van der Waals surface area contributed by atoms with Crippen LogP contribution >= 0.6 is 0 Å². The predicted molar refractivity (Wildman–Crippen MR) is 142 cm³/mol. The number of rotatable bonds is 25. The molecule has 0 saturated heterocycles. The molecule has 224 valence electrons. The topological polar surface area (TPSA) is 114 Å². The Hall–Kier alpha value is -0.400. The Morgan fingerprint density at radius 1 is 0.351 bits per heavy atom. The van der Waals surface area contributed by atoms with E-state index in [1.165, 1.54) is 0 Å². The van der Waals surface area contributed by atoms with E-state index in [0.717, 1.165) is 0 Å². The maximum absolute atomic E-state index is 9.26. The Morgan fingerprint density at radius 3 is 0.730 bits per heavy atom. The van der Waals surface area contributed by atoms with Gasteiger partial charge in [0, 0.05) is 0 Å². The molecule has 0 heterocycles. The van der Waals surface area contributed by atoms with Crippen molar-refractivity contribution in [3.8, 4) is 0 Å². The molecule has 0 spiro atoms. The molecule has 0 aliphatic rings. The van der Waals surface area contributed by atoms with Crippen molar-refractivity contribution in [3.63, 3.8) is 0 Å². The second-order valence-electron chi connectivity index (χ2n) is 10.2. The van der Waals surface area contributed by atoms with Gasteiger partial charge in [-0.25, -0.2) is 0 Å². The lowest BCUT2D eigenvalue weighted by atomic mass is 10.3. The minimum atomic E-state index is -0.481. The van der Waals surface area contributed by atoms with Gasteiger partial charge in [0.1, 0.15) is 0 Å². The van der Waals surface area contributed by atoms with Crippen molar-refractivity contribution < 1.29 is 48.1 Å². The first-order valence-corrected chi connectivity index (χ1v) is 13.6. The fraction of sp³-hybridized carbons (Fsp3) is 1.00. The third-order valence-electron chi connectivity index (χ3n) is 5.19. The second kappa shape index (κ2) is 22.4. The van der Waals surface area contributed by atoms with Crippen LogP contribution in [0.25, 0.3) is 0 Å². The Balaban J connectivity index is 3.85. The van der Waals surface area contributed by atoms with Gasteiger partial charge in [-0.3, -0.25) is 0 Å². The molecule has 0 amide bonds. The number of hydrogen-bond donors (Lipinski definition) is 2. The minimum Gasteiger partial charge on any atom is -0.394 e. The number of aliphatic hydroxyl groups is 2. The Kier molecular flexibility index (Phi) is 22.2. The van der Waals surface area contributed by atoms with Crippen molar-refractivity contribution in [2.24, 2.45) is 0 Å². The van der Waals surface area contributed by atoms with E-state index in [1.807, 2.05) is 55.4 Å². The van der Waals surface area contributed by atoms with E-state index in [4.69, 9.17) is 43.0 Å². The molecule has 2 N–H and O–H groups in total. The van der Waals surface area contributed by atoms with E-state index in [0.29, 0.717) is 52.9 Å². The molecule has 0 aliphatic carbocycles. The third-order valence-corrected chi connectivity index (χ3v) is 5.19. The van der Waals surface area contributed by atoms with Crippen LogP contribution in [0.3, 0.4) is 0 Å². The quantitative estimate of drug-likeness (QED) is 0.179. The highest BCUT2D eigenvalue weighted by atomic mass is 16.6. The van der Waals surface area contributed by atoms with Crippen LogP contribution in [0.4, 0.5) is 0 Å². The van der Waals surface area contributed by atoms with E-state index < -0.39 is 6.10 Å². The summed E-state index contributed by atoms with van der Waals surface area (Å²) in [6.45, 7) is 20.7. The number of ether oxygens (including phenoxy) is 8. The highest BCUT2D eigenvalue weighted by Crippen LogP contribution is 2.05. The van der Waals surface area contributed by atoms with Crippen LogP contribution in [0.5, 0.6) is 0 Å². The molecule has 0 radical (unpaired) electrons. The predicted octanol–water partition coefficient (Wildman–Crippen LogP) is 2.60. The van der Waals surface area contributed by atoms with Gasteiger partial charge in [-0.15, -0.1) is 0 Å². The summed E-state index contributed by atoms with van der Waals surface area (Å²) < 4.78 is 45.8. The molecule has 0 aromatic heterocycles. The summed E-state index contributed by atoms with van der Waals surface area (Å²) in [6, 6.07) is 0. The van der Waals surface area contributed by atoms with Crippen LogP contribution in [0, 0.1) is 0 Å². The van der Waals surface area contributed by atoms with Crippen LogP contribution in [-0.4, -0.2) is 125 Å². The van der Waals surface area contributed by atoms with Gasteiger partial charge in [0.15, 0.2) is 0 Å². The van der Waals surface area contributed by atoms with Gasteiger partial charge in [-0.1, -0.05) is 0 Å². The Morgan fingerprint density at radius 2 is 0.541 bits per heavy atom. The number of aliphatic hydroxyl groups excluding tert-OH is 2. The van der Waals surface area contributed by atoms with Crippen LogP contribution < -0.4 is 0 Å². The average Bonchev–Trinajstić information content (AvgIpc) is 2.87. The lowest BCUT2D eigenvalue weighted by Crippen LogP contribution is -2.30. The van der Waals surface area contributed by atoms with Crippen molar-refractivity contribution in [3.05, 3.63) is 0 Å². The lowest BCUT2D eigenvalue weighted by molar-refractivity contribution is -0.110. The summed E-state index contributed by atoms with van der Waals surface area (Å²) in [5.41, 5.74) is 0. The zero-order chi connectivity index (χ0) is 28.2. The normalized spacial score (nSPS) is 19.5. The smallest absolute Gasteiger partial charge is 0.0781 e. The van der Waals surface area contributed by atoms with Crippen LogP contribution in [-0.2, 0) is 37.9 Å². The first kappa shape index (κ1) is 36.6. The van der Waals surface area contributed by atoms with Crippen molar-refractivity contribution in [1.82, 2.24) is 0 Å². The molecule has 0 aliphatic heterocycles. The molecule has 9 atom stereocenters. The molecular formula is C27H56O10. The highest BCUT2D eigenvalue weighted by Gasteiger charge is 2.14. The monoisotopic (exact) mass is 540 g/mol. The van der Waals surface area contributed by atoms with Gasteiger partial charge in [-0.2, -0.15) is 0 Å². The summed E-state index contributed by atoms with van der Waals surface area (Å²) in [7, 11) is 0. The summed E-state index contributed by atoms with van der Waals surface area (Å²) in [5.74, 6) is 0. The van der Waals surface area contributed by atoms with Crippen molar-refractivity contribution >= 4 is 0 Å². The van der Waals surface area contributed by atoms with Crippen LogP contribution in [0.2, 0.25) is 0 Å². The average molecular weight is 541 g/mol. The fourth-order valence-corrected chi connectivity index (χ4v) is 2.79. The van der Waals surface area contributed by atoms with Crippen LogP contribution in [0.15, 0.2) is 0 Å². The molecule has 0 aromatic rings. The van der Waals surface area contributed by atoms with Crippen LogP contribution in [0.1, 0.15) is 62.3 Å². The minimum absolute atomic E-state index is 0.00142. The molecule has 37 heavy (non-hydrogen) atoms. The molecule has 0 saturated carbocycles. The van der Waals surface area contributed by atoms with E-state index >= 15 is 0 Å². The van der Waals surface area contributed by atoms with Gasteiger partial charge >= 0.3 is 0 Å². The van der Waals surface area contributed by atoms with Crippen molar-refractivity contribution in [1.29, 1.82) is 0 Å². The summed E-state index contributed by atoms with van der Waals surface area (Å²) in [6.07, 6.45) is -1.18. The Labute approximate surface area is 225 Å².